The van der Waals surface area contributed by atoms with E-state index in [-0.39, 0.29) is 17.8 Å². The van der Waals surface area contributed by atoms with Gasteiger partial charge in [-0.2, -0.15) is 0 Å². The monoisotopic (exact) mass is 394 g/mol. The van der Waals surface area contributed by atoms with Crippen LogP contribution < -0.4 is 19.8 Å². The van der Waals surface area contributed by atoms with Gasteiger partial charge in [0.05, 0.1) is 31.6 Å². The summed E-state index contributed by atoms with van der Waals surface area (Å²) in [5, 5.41) is 0.660. The Morgan fingerprint density at radius 3 is 2.45 bits per heavy atom. The maximum Gasteiger partial charge on any atom is 0.339 e. The molecule has 6 heteroatoms. The lowest BCUT2D eigenvalue weighted by atomic mass is 9.90. The van der Waals surface area contributed by atoms with Crippen molar-refractivity contribution in [3.05, 3.63) is 62.5 Å². The highest BCUT2D eigenvalue weighted by Gasteiger charge is 2.33. The second-order valence-electron chi connectivity index (χ2n) is 7.25. The zero-order chi connectivity index (χ0) is 20.9. The molecule has 1 aliphatic rings. The van der Waals surface area contributed by atoms with E-state index >= 15 is 0 Å². The van der Waals surface area contributed by atoms with Gasteiger partial charge in [0.25, 0.3) is 0 Å². The number of hydrogen-bond acceptors (Lipinski definition) is 6. The lowest BCUT2D eigenvalue weighted by Gasteiger charge is -2.29. The molecule has 0 bridgehead atoms. The smallest absolute Gasteiger partial charge is 0.339 e. The lowest BCUT2D eigenvalue weighted by molar-refractivity contribution is 0.0849. The molecule has 0 radical (unpaired) electrons. The van der Waals surface area contributed by atoms with Gasteiger partial charge in [-0.1, -0.05) is 0 Å². The lowest BCUT2D eigenvalue weighted by Crippen LogP contribution is -2.22. The van der Waals surface area contributed by atoms with Crippen LogP contribution in [0, 0.1) is 20.8 Å². The van der Waals surface area contributed by atoms with Gasteiger partial charge < -0.3 is 18.6 Å². The molecule has 2 heterocycles. The van der Waals surface area contributed by atoms with Crippen molar-refractivity contribution in [2.24, 2.45) is 0 Å². The van der Waals surface area contributed by atoms with E-state index in [9.17, 15) is 9.59 Å². The molecule has 1 aliphatic heterocycles. The molecule has 1 atom stereocenters. The minimum Gasteiger partial charge on any atom is -0.497 e. The topological polar surface area (TPSA) is 75.0 Å². The first-order valence-corrected chi connectivity index (χ1v) is 9.35. The van der Waals surface area contributed by atoms with Gasteiger partial charge in [-0.15, -0.1) is 0 Å². The third kappa shape index (κ3) is 2.95. The molecule has 0 saturated heterocycles. The van der Waals surface area contributed by atoms with Crippen LogP contribution in [0.5, 0.6) is 17.2 Å². The number of carbonyl (C=O) groups is 1. The van der Waals surface area contributed by atoms with Gasteiger partial charge in [0, 0.05) is 17.2 Å². The van der Waals surface area contributed by atoms with Crippen LogP contribution >= 0.6 is 0 Å². The van der Waals surface area contributed by atoms with Crippen LogP contribution in [0.25, 0.3) is 11.0 Å². The van der Waals surface area contributed by atoms with E-state index in [0.717, 1.165) is 16.7 Å². The van der Waals surface area contributed by atoms with Crippen molar-refractivity contribution >= 4 is 16.8 Å². The molecule has 0 N–H and O–H groups in total. The Hall–Kier alpha value is -3.28. The highest BCUT2D eigenvalue weighted by atomic mass is 16.5. The largest absolute Gasteiger partial charge is 0.497 e. The Labute approximate surface area is 168 Å². The summed E-state index contributed by atoms with van der Waals surface area (Å²) >= 11 is 0. The molecule has 2 aromatic carbocycles. The summed E-state index contributed by atoms with van der Waals surface area (Å²) in [7, 11) is 3.15. The zero-order valence-electron chi connectivity index (χ0n) is 17.0. The standard InChI is InChI=1S/C23H22O6/c1-11-8-19-21(12(2)13(3)23(25)29-19)22-20(11)16(24)10-18(28-22)15-7-6-14(26-4)9-17(15)27-5/h6-9,18H,10H2,1-5H3/t18-/m0/s1. The molecule has 29 heavy (non-hydrogen) atoms. The van der Waals surface area contributed by atoms with Crippen LogP contribution in [-0.2, 0) is 0 Å². The number of methoxy groups -OCH3 is 2. The SMILES string of the molecule is COc1ccc([C@@H]2CC(=O)c3c(C)cc4oc(=O)c(C)c(C)c4c3O2)c(OC)c1. The summed E-state index contributed by atoms with van der Waals surface area (Å²) < 4.78 is 22.6. The van der Waals surface area contributed by atoms with Gasteiger partial charge in [-0.25, -0.2) is 4.79 Å². The third-order valence-electron chi connectivity index (χ3n) is 5.59. The van der Waals surface area contributed by atoms with Crippen LogP contribution in [0.2, 0.25) is 0 Å². The highest BCUT2D eigenvalue weighted by molar-refractivity contribution is 6.07. The Balaban J connectivity index is 1.93. The van der Waals surface area contributed by atoms with E-state index in [4.69, 9.17) is 18.6 Å². The van der Waals surface area contributed by atoms with Crippen molar-refractivity contribution < 1.29 is 23.4 Å². The molecule has 0 fully saturated rings. The van der Waals surface area contributed by atoms with E-state index in [1.807, 2.05) is 26.0 Å². The number of ketones is 1. The number of carbonyl (C=O) groups excluding carboxylic acids is 1. The maximum atomic E-state index is 13.1. The normalized spacial score (nSPS) is 15.8. The summed E-state index contributed by atoms with van der Waals surface area (Å²) in [5.41, 5.74) is 3.32. The Morgan fingerprint density at radius 1 is 1.00 bits per heavy atom. The molecule has 0 spiro atoms. The number of ether oxygens (including phenoxy) is 3. The van der Waals surface area contributed by atoms with Crippen molar-refractivity contribution in [3.8, 4) is 17.2 Å². The zero-order valence-corrected chi connectivity index (χ0v) is 17.0. The molecule has 1 aromatic heterocycles. The molecule has 0 amide bonds. The first kappa shape index (κ1) is 19.1. The molecule has 0 unspecified atom stereocenters. The van der Waals surface area contributed by atoms with Crippen LogP contribution in [0.3, 0.4) is 0 Å². The summed E-state index contributed by atoms with van der Waals surface area (Å²) in [6, 6.07) is 7.15. The summed E-state index contributed by atoms with van der Waals surface area (Å²) in [4.78, 5) is 25.2. The molecule has 0 saturated carbocycles. The van der Waals surface area contributed by atoms with Crippen molar-refractivity contribution in [3.63, 3.8) is 0 Å². The number of aryl methyl sites for hydroxylation is 2. The first-order valence-electron chi connectivity index (χ1n) is 9.35. The Morgan fingerprint density at radius 2 is 1.76 bits per heavy atom. The molecule has 4 rings (SSSR count). The minimum atomic E-state index is -0.521. The summed E-state index contributed by atoms with van der Waals surface area (Å²) in [6.07, 6.45) is -0.330. The second kappa shape index (κ2) is 6.95. The van der Waals surface area contributed by atoms with E-state index < -0.39 is 6.10 Å². The first-order chi connectivity index (χ1) is 13.8. The van der Waals surface area contributed by atoms with Gasteiger partial charge in [0.1, 0.15) is 28.9 Å². The van der Waals surface area contributed by atoms with E-state index in [2.05, 4.69) is 0 Å². The van der Waals surface area contributed by atoms with Crippen LogP contribution in [-0.4, -0.2) is 20.0 Å². The van der Waals surface area contributed by atoms with Crippen molar-refractivity contribution in [1.29, 1.82) is 0 Å². The van der Waals surface area contributed by atoms with Gasteiger partial charge in [0.15, 0.2) is 5.78 Å². The summed E-state index contributed by atoms with van der Waals surface area (Å²) in [6.45, 7) is 5.38. The maximum absolute atomic E-state index is 13.1. The molecular formula is C23H22O6. The Kier molecular flexibility index (Phi) is 4.57. The average Bonchev–Trinajstić information content (AvgIpc) is 2.70. The number of hydrogen-bond donors (Lipinski definition) is 0. The van der Waals surface area contributed by atoms with Crippen molar-refractivity contribution in [1.82, 2.24) is 0 Å². The van der Waals surface area contributed by atoms with E-state index in [0.29, 0.717) is 39.3 Å². The number of benzene rings is 2. The fraction of sp³-hybridized carbons (Fsp3) is 0.304. The summed E-state index contributed by atoms with van der Waals surface area (Å²) in [5.74, 6) is 1.69. The highest BCUT2D eigenvalue weighted by Crippen LogP contribution is 2.44. The minimum absolute atomic E-state index is 0.0169. The Bertz CT molecular complexity index is 1200. The van der Waals surface area contributed by atoms with Gasteiger partial charge in [-0.05, 0) is 50.1 Å². The number of Topliss-reactive ketones (excluding diaryl/α,β-unsaturated/α-hetero) is 1. The van der Waals surface area contributed by atoms with Crippen molar-refractivity contribution in [2.45, 2.75) is 33.3 Å². The molecule has 6 nitrogen and oxygen atoms in total. The van der Waals surface area contributed by atoms with Crippen LogP contribution in [0.15, 0.2) is 33.5 Å². The fourth-order valence-corrected chi connectivity index (χ4v) is 3.89. The average molecular weight is 394 g/mol. The molecular weight excluding hydrogens is 372 g/mol. The third-order valence-corrected chi connectivity index (χ3v) is 5.59. The fourth-order valence-electron chi connectivity index (χ4n) is 3.89. The predicted molar refractivity (Wildman–Crippen MR) is 109 cm³/mol. The quantitative estimate of drug-likeness (QED) is 0.611. The predicted octanol–water partition coefficient (Wildman–Crippen LogP) is 4.44. The number of fused-ring (bicyclic) bond motifs is 3. The van der Waals surface area contributed by atoms with Crippen LogP contribution in [0.4, 0.5) is 0 Å². The second-order valence-corrected chi connectivity index (χ2v) is 7.25. The molecule has 150 valence electrons. The van der Waals surface area contributed by atoms with Gasteiger partial charge in [0.2, 0.25) is 0 Å². The molecule has 3 aromatic rings. The molecule has 0 aliphatic carbocycles. The van der Waals surface area contributed by atoms with Crippen molar-refractivity contribution in [2.75, 3.05) is 14.2 Å². The van der Waals surface area contributed by atoms with Gasteiger partial charge >= 0.3 is 5.63 Å². The van der Waals surface area contributed by atoms with E-state index in [1.165, 1.54) is 0 Å². The van der Waals surface area contributed by atoms with E-state index in [1.54, 1.807) is 33.3 Å². The van der Waals surface area contributed by atoms with Gasteiger partial charge in [-0.3, -0.25) is 4.79 Å². The van der Waals surface area contributed by atoms with Crippen LogP contribution in [0.1, 0.15) is 45.1 Å². The number of rotatable bonds is 3.